The van der Waals surface area contributed by atoms with E-state index >= 15 is 0 Å². The van der Waals surface area contributed by atoms with Gasteiger partial charge in [0.25, 0.3) is 0 Å². The van der Waals surface area contributed by atoms with Crippen molar-refractivity contribution in [2.75, 3.05) is 13.2 Å². The molecule has 2 atom stereocenters. The Morgan fingerprint density at radius 1 is 0.338 bits per heavy atom. The largest absolute Gasteiger partial charge is 0.466 e. The molecule has 0 radical (unpaired) electrons. The second-order valence-electron chi connectivity index (χ2n) is 25.6. The van der Waals surface area contributed by atoms with E-state index in [1.165, 1.54) is 347 Å². The molecule has 6 heteroatoms. The van der Waals surface area contributed by atoms with Crippen molar-refractivity contribution in [3.63, 3.8) is 0 Å². The predicted molar refractivity (Wildman–Crippen MR) is 352 cm³/mol. The lowest BCUT2D eigenvalue weighted by molar-refractivity contribution is -0.143. The van der Waals surface area contributed by atoms with Crippen LogP contribution in [0.3, 0.4) is 0 Å². The summed E-state index contributed by atoms with van der Waals surface area (Å²) in [7, 11) is 0. The van der Waals surface area contributed by atoms with E-state index in [1.807, 2.05) is 0 Å². The van der Waals surface area contributed by atoms with Gasteiger partial charge >= 0.3 is 5.97 Å². The van der Waals surface area contributed by atoms with Gasteiger partial charge in [-0.15, -0.1) is 0 Å². The van der Waals surface area contributed by atoms with Gasteiger partial charge in [0, 0.05) is 12.8 Å². The summed E-state index contributed by atoms with van der Waals surface area (Å²) in [5.74, 6) is -0.0106. The van der Waals surface area contributed by atoms with Gasteiger partial charge in [0.2, 0.25) is 5.91 Å². The number of hydrogen-bond acceptors (Lipinski definition) is 5. The number of esters is 1. The monoisotopic (exact) mass is 1130 g/mol. The van der Waals surface area contributed by atoms with Crippen LogP contribution in [0, 0.1) is 0 Å². The van der Waals surface area contributed by atoms with Gasteiger partial charge in [-0.25, -0.2) is 0 Å². The van der Waals surface area contributed by atoms with Crippen molar-refractivity contribution >= 4 is 11.9 Å². The van der Waals surface area contributed by atoms with Crippen molar-refractivity contribution < 1.29 is 24.5 Å². The molecule has 0 aromatic carbocycles. The summed E-state index contributed by atoms with van der Waals surface area (Å²) in [6.45, 7) is 5.00. The highest BCUT2D eigenvalue weighted by molar-refractivity contribution is 5.76. The first kappa shape index (κ1) is 78.6. The molecule has 0 aromatic heterocycles. The number of rotatable bonds is 70. The van der Waals surface area contributed by atoms with E-state index in [4.69, 9.17) is 4.74 Å². The molecule has 0 aromatic rings. The number of hydrogen-bond donors (Lipinski definition) is 3. The third-order valence-electron chi connectivity index (χ3n) is 17.6. The van der Waals surface area contributed by atoms with Crippen molar-refractivity contribution in [1.29, 1.82) is 0 Å². The Morgan fingerprint density at radius 3 is 0.887 bits per heavy atom. The van der Waals surface area contributed by atoms with E-state index in [1.54, 1.807) is 0 Å². The second-order valence-corrected chi connectivity index (χ2v) is 25.6. The highest BCUT2D eigenvalue weighted by Gasteiger charge is 2.20. The average Bonchev–Trinajstić information content (AvgIpc) is 3.46. The number of ether oxygens (including phenoxy) is 1. The van der Waals surface area contributed by atoms with Gasteiger partial charge in [-0.3, -0.25) is 9.59 Å². The molecule has 0 spiro atoms. The third-order valence-corrected chi connectivity index (χ3v) is 17.6. The first-order valence-corrected chi connectivity index (χ1v) is 36.9. The zero-order valence-corrected chi connectivity index (χ0v) is 54.6. The Morgan fingerprint density at radius 2 is 0.588 bits per heavy atom. The molecule has 3 N–H and O–H groups in total. The standard InChI is InChI=1S/C74H145NO5/c1-3-5-7-9-11-13-15-17-19-21-35-38-42-46-50-54-58-62-66-72(77)71(70-76)75-73(78)67-63-59-55-51-47-43-39-36-32-30-28-26-24-22-23-25-27-29-31-33-37-41-45-49-53-57-61-65-69-80-74(79)68-64-60-56-52-48-44-40-34-20-18-16-14-12-10-8-6-4-2/h18,20,71-72,76-77H,3-17,19,21-70H2,1-2H3,(H,75,78)/b20-18-. The van der Waals surface area contributed by atoms with Crippen LogP contribution in [0.2, 0.25) is 0 Å². The van der Waals surface area contributed by atoms with Crippen molar-refractivity contribution in [3.8, 4) is 0 Å². The summed E-state index contributed by atoms with van der Waals surface area (Å²) in [4.78, 5) is 24.6. The maximum absolute atomic E-state index is 12.5. The summed E-state index contributed by atoms with van der Waals surface area (Å²) in [5.41, 5.74) is 0. The molecular weight excluding hydrogens is 983 g/mol. The fourth-order valence-corrected chi connectivity index (χ4v) is 11.9. The normalized spacial score (nSPS) is 12.5. The summed E-state index contributed by atoms with van der Waals surface area (Å²) in [6.07, 6.45) is 87.0. The molecule has 80 heavy (non-hydrogen) atoms. The zero-order valence-electron chi connectivity index (χ0n) is 54.6. The molecule has 1 amide bonds. The van der Waals surface area contributed by atoms with E-state index in [0.29, 0.717) is 25.9 Å². The lowest BCUT2D eigenvalue weighted by Crippen LogP contribution is -2.45. The van der Waals surface area contributed by atoms with Crippen LogP contribution in [-0.2, 0) is 14.3 Å². The molecule has 0 bridgehead atoms. The smallest absolute Gasteiger partial charge is 0.305 e. The molecule has 0 aliphatic rings. The van der Waals surface area contributed by atoms with Crippen molar-refractivity contribution in [1.82, 2.24) is 5.32 Å². The van der Waals surface area contributed by atoms with E-state index in [-0.39, 0.29) is 18.5 Å². The molecule has 476 valence electrons. The minimum absolute atomic E-state index is 0.0167. The average molecular weight is 1130 g/mol. The number of carbonyl (C=O) groups excluding carboxylic acids is 2. The molecular formula is C74H145NO5. The Balaban J connectivity index is 3.33. The molecule has 0 rings (SSSR count). The predicted octanol–water partition coefficient (Wildman–Crippen LogP) is 23.9. The molecule has 0 saturated heterocycles. The minimum atomic E-state index is -0.662. The van der Waals surface area contributed by atoms with Crippen LogP contribution in [0.1, 0.15) is 425 Å². The van der Waals surface area contributed by atoms with Crippen LogP contribution in [0.25, 0.3) is 0 Å². The Labute approximate surface area is 501 Å². The summed E-state index contributed by atoms with van der Waals surface area (Å²) in [5, 5.41) is 23.4. The van der Waals surface area contributed by atoms with Crippen LogP contribution >= 0.6 is 0 Å². The van der Waals surface area contributed by atoms with E-state index in [2.05, 4.69) is 31.3 Å². The van der Waals surface area contributed by atoms with Gasteiger partial charge in [-0.05, 0) is 51.4 Å². The number of carbonyl (C=O) groups is 2. The maximum atomic E-state index is 12.5. The van der Waals surface area contributed by atoms with Crippen LogP contribution in [0.15, 0.2) is 12.2 Å². The van der Waals surface area contributed by atoms with E-state index in [0.717, 1.165) is 44.9 Å². The highest BCUT2D eigenvalue weighted by Crippen LogP contribution is 2.20. The zero-order chi connectivity index (χ0) is 57.8. The maximum Gasteiger partial charge on any atom is 0.305 e. The number of amides is 1. The number of aliphatic hydroxyl groups excluding tert-OH is 2. The van der Waals surface area contributed by atoms with Crippen LogP contribution in [-0.4, -0.2) is 47.4 Å². The van der Waals surface area contributed by atoms with Crippen LogP contribution in [0.5, 0.6) is 0 Å². The Hall–Kier alpha value is -1.40. The molecule has 0 aliphatic carbocycles. The fraction of sp³-hybridized carbons (Fsp3) is 0.946. The topological polar surface area (TPSA) is 95.9 Å². The molecule has 0 saturated carbocycles. The minimum Gasteiger partial charge on any atom is -0.466 e. The van der Waals surface area contributed by atoms with E-state index in [9.17, 15) is 19.8 Å². The third kappa shape index (κ3) is 65.7. The van der Waals surface area contributed by atoms with Gasteiger partial charge in [-0.2, -0.15) is 0 Å². The molecule has 0 heterocycles. The molecule has 0 aliphatic heterocycles. The molecule has 0 fully saturated rings. The Kier molecular flexibility index (Phi) is 68.9. The lowest BCUT2D eigenvalue weighted by atomic mass is 10.0. The number of unbranched alkanes of at least 4 members (excludes halogenated alkanes) is 57. The summed E-state index contributed by atoms with van der Waals surface area (Å²) in [6, 6.07) is -0.539. The summed E-state index contributed by atoms with van der Waals surface area (Å²) >= 11 is 0. The second kappa shape index (κ2) is 70.1. The highest BCUT2D eigenvalue weighted by atomic mass is 16.5. The van der Waals surface area contributed by atoms with Gasteiger partial charge in [0.05, 0.1) is 25.4 Å². The van der Waals surface area contributed by atoms with Crippen molar-refractivity contribution in [3.05, 3.63) is 12.2 Å². The van der Waals surface area contributed by atoms with Crippen LogP contribution < -0.4 is 5.32 Å². The number of aliphatic hydroxyl groups is 2. The quantitative estimate of drug-likeness (QED) is 0.0320. The van der Waals surface area contributed by atoms with E-state index < -0.39 is 12.1 Å². The first-order chi connectivity index (χ1) is 39.5. The van der Waals surface area contributed by atoms with Gasteiger partial charge in [-0.1, -0.05) is 373 Å². The number of allylic oxidation sites excluding steroid dienone is 2. The van der Waals surface area contributed by atoms with Crippen molar-refractivity contribution in [2.45, 2.75) is 437 Å². The number of nitrogens with one attached hydrogen (secondary N) is 1. The summed E-state index contributed by atoms with van der Waals surface area (Å²) < 4.78 is 5.51. The Bertz CT molecular complexity index is 1210. The van der Waals surface area contributed by atoms with Crippen molar-refractivity contribution in [2.24, 2.45) is 0 Å². The molecule has 2 unspecified atom stereocenters. The first-order valence-electron chi connectivity index (χ1n) is 36.9. The molecule has 6 nitrogen and oxygen atoms in total. The van der Waals surface area contributed by atoms with Gasteiger partial charge < -0.3 is 20.3 Å². The van der Waals surface area contributed by atoms with Crippen LogP contribution in [0.4, 0.5) is 0 Å². The SMILES string of the molecule is CCCCCCCC/C=C\CCCCCCCCCC(=O)OCCCCCCCCCCCCCCCCCCCCCCCCCCCCCCC(=O)NC(CO)C(O)CCCCCCCCCCCCCCCCCCCC. The van der Waals surface area contributed by atoms with Gasteiger partial charge in [0.1, 0.15) is 0 Å². The lowest BCUT2D eigenvalue weighted by Gasteiger charge is -2.22. The fourth-order valence-electron chi connectivity index (χ4n) is 11.9. The van der Waals surface area contributed by atoms with Gasteiger partial charge in [0.15, 0.2) is 0 Å².